The Bertz CT molecular complexity index is 1020. The fourth-order valence-corrected chi connectivity index (χ4v) is 4.47. The Morgan fingerprint density at radius 2 is 1.60 bits per heavy atom. The van der Waals surface area contributed by atoms with Crippen LogP contribution in [0, 0.1) is 0 Å². The second-order valence-corrected chi connectivity index (χ2v) is 8.57. The summed E-state index contributed by atoms with van der Waals surface area (Å²) >= 11 is 0. The summed E-state index contributed by atoms with van der Waals surface area (Å²) in [7, 11) is 0.432. The number of hydrogen-bond donors (Lipinski definition) is 1. The van der Waals surface area contributed by atoms with Crippen LogP contribution in [-0.4, -0.2) is 53.6 Å². The molecular formula is C21H26N2O6S. The molecule has 1 heterocycles. The maximum Gasteiger partial charge on any atom is 0.262 e. The molecule has 9 heteroatoms. The van der Waals surface area contributed by atoms with Crippen molar-refractivity contribution in [3.05, 3.63) is 42.0 Å². The van der Waals surface area contributed by atoms with Crippen molar-refractivity contribution >= 4 is 21.6 Å². The standard InChI is InChI=1S/C21H26N2O6S/c1-27-15-7-9-18(20(13-15)29-3)22-30(25,26)16-8-10-19(28-2)17(14-16)21(24)23-11-5-4-6-12-23/h7-10,13-14,22H,4-6,11-12H2,1-3H3. The molecule has 1 aliphatic heterocycles. The van der Waals surface area contributed by atoms with Crippen LogP contribution in [-0.2, 0) is 10.0 Å². The Morgan fingerprint density at radius 3 is 2.23 bits per heavy atom. The number of hydrogen-bond acceptors (Lipinski definition) is 6. The van der Waals surface area contributed by atoms with Crippen LogP contribution in [0.2, 0.25) is 0 Å². The molecule has 1 aliphatic rings. The summed E-state index contributed by atoms with van der Waals surface area (Å²) in [6.45, 7) is 1.31. The molecule has 162 valence electrons. The molecule has 0 bridgehead atoms. The van der Waals surface area contributed by atoms with E-state index >= 15 is 0 Å². The molecule has 1 saturated heterocycles. The van der Waals surface area contributed by atoms with Gasteiger partial charge in [0.25, 0.3) is 15.9 Å². The molecule has 1 fully saturated rings. The average Bonchev–Trinajstić information content (AvgIpc) is 2.78. The van der Waals surface area contributed by atoms with Gasteiger partial charge >= 0.3 is 0 Å². The number of carbonyl (C=O) groups is 1. The van der Waals surface area contributed by atoms with Crippen LogP contribution < -0.4 is 18.9 Å². The maximum atomic E-state index is 13.0. The number of ether oxygens (including phenoxy) is 3. The average molecular weight is 435 g/mol. The van der Waals surface area contributed by atoms with E-state index in [0.29, 0.717) is 30.3 Å². The van der Waals surface area contributed by atoms with Gasteiger partial charge in [-0.25, -0.2) is 8.42 Å². The van der Waals surface area contributed by atoms with Crippen molar-refractivity contribution in [2.75, 3.05) is 39.1 Å². The van der Waals surface area contributed by atoms with Crippen molar-refractivity contribution in [2.45, 2.75) is 24.2 Å². The lowest BCUT2D eigenvalue weighted by Crippen LogP contribution is -2.35. The zero-order valence-corrected chi connectivity index (χ0v) is 18.1. The molecule has 0 atom stereocenters. The van der Waals surface area contributed by atoms with E-state index in [2.05, 4.69) is 4.72 Å². The fraction of sp³-hybridized carbons (Fsp3) is 0.381. The first kappa shape index (κ1) is 21.8. The summed E-state index contributed by atoms with van der Waals surface area (Å²) in [5, 5.41) is 0. The lowest BCUT2D eigenvalue weighted by Gasteiger charge is -2.27. The summed E-state index contributed by atoms with van der Waals surface area (Å²) < 4.78 is 44.2. The third kappa shape index (κ3) is 4.62. The van der Waals surface area contributed by atoms with E-state index in [1.807, 2.05) is 0 Å². The number of benzene rings is 2. The van der Waals surface area contributed by atoms with Gasteiger partial charge in [-0.3, -0.25) is 9.52 Å². The molecule has 0 saturated carbocycles. The molecule has 0 aromatic heterocycles. The van der Waals surface area contributed by atoms with Crippen LogP contribution >= 0.6 is 0 Å². The predicted molar refractivity (Wildman–Crippen MR) is 113 cm³/mol. The van der Waals surface area contributed by atoms with Crippen LogP contribution in [0.5, 0.6) is 17.2 Å². The topological polar surface area (TPSA) is 94.2 Å². The number of piperidine rings is 1. The van der Waals surface area contributed by atoms with Crippen molar-refractivity contribution < 1.29 is 27.4 Å². The number of rotatable bonds is 7. The largest absolute Gasteiger partial charge is 0.497 e. The quantitative estimate of drug-likeness (QED) is 0.720. The van der Waals surface area contributed by atoms with E-state index in [-0.39, 0.29) is 22.1 Å². The van der Waals surface area contributed by atoms with Gasteiger partial charge in [0.15, 0.2) is 0 Å². The number of carbonyl (C=O) groups excluding carboxylic acids is 1. The van der Waals surface area contributed by atoms with Crippen LogP contribution in [0.15, 0.2) is 41.3 Å². The summed E-state index contributed by atoms with van der Waals surface area (Å²) in [6.07, 6.45) is 2.96. The summed E-state index contributed by atoms with van der Waals surface area (Å²) in [6, 6.07) is 9.02. The fourth-order valence-electron chi connectivity index (χ4n) is 3.38. The van der Waals surface area contributed by atoms with Crippen molar-refractivity contribution in [3.8, 4) is 17.2 Å². The lowest BCUT2D eigenvalue weighted by atomic mass is 10.1. The normalized spacial score (nSPS) is 14.2. The van der Waals surface area contributed by atoms with Gasteiger partial charge in [-0.05, 0) is 49.6 Å². The third-order valence-corrected chi connectivity index (χ3v) is 6.37. The molecule has 1 N–H and O–H groups in total. The van der Waals surface area contributed by atoms with Crippen LogP contribution in [0.4, 0.5) is 5.69 Å². The number of amides is 1. The number of methoxy groups -OCH3 is 3. The minimum absolute atomic E-state index is 0.0402. The van der Waals surface area contributed by atoms with E-state index in [9.17, 15) is 13.2 Å². The molecule has 0 unspecified atom stereocenters. The number of anilines is 1. The van der Waals surface area contributed by atoms with Crippen LogP contribution in [0.25, 0.3) is 0 Å². The number of likely N-dealkylation sites (tertiary alicyclic amines) is 1. The highest BCUT2D eigenvalue weighted by molar-refractivity contribution is 7.92. The second kappa shape index (κ2) is 9.25. The Morgan fingerprint density at radius 1 is 0.900 bits per heavy atom. The van der Waals surface area contributed by atoms with Crippen molar-refractivity contribution in [2.24, 2.45) is 0 Å². The number of nitrogens with one attached hydrogen (secondary N) is 1. The van der Waals surface area contributed by atoms with Gasteiger partial charge in [0.05, 0.1) is 37.5 Å². The number of nitrogens with zero attached hydrogens (tertiary/aromatic N) is 1. The van der Waals surface area contributed by atoms with Gasteiger partial charge < -0.3 is 19.1 Å². The highest BCUT2D eigenvalue weighted by Gasteiger charge is 2.25. The highest BCUT2D eigenvalue weighted by Crippen LogP contribution is 2.32. The monoisotopic (exact) mass is 434 g/mol. The Balaban J connectivity index is 1.93. The van der Waals surface area contributed by atoms with Gasteiger partial charge in [0.2, 0.25) is 0 Å². The van der Waals surface area contributed by atoms with Gasteiger partial charge in [-0.2, -0.15) is 0 Å². The second-order valence-electron chi connectivity index (χ2n) is 6.89. The molecule has 8 nitrogen and oxygen atoms in total. The zero-order chi connectivity index (χ0) is 21.7. The Labute approximate surface area is 176 Å². The summed E-state index contributed by atoms with van der Waals surface area (Å²) in [4.78, 5) is 14.7. The summed E-state index contributed by atoms with van der Waals surface area (Å²) in [5.41, 5.74) is 0.488. The molecule has 2 aromatic carbocycles. The SMILES string of the molecule is COc1ccc(NS(=O)(=O)c2ccc(OC)c(C(=O)N3CCCCC3)c2)c(OC)c1. The number of sulfonamides is 1. The zero-order valence-electron chi connectivity index (χ0n) is 17.3. The molecule has 1 amide bonds. The molecule has 0 spiro atoms. The van der Waals surface area contributed by atoms with E-state index in [1.165, 1.54) is 39.5 Å². The van der Waals surface area contributed by atoms with Gasteiger partial charge in [-0.15, -0.1) is 0 Å². The smallest absolute Gasteiger partial charge is 0.262 e. The van der Waals surface area contributed by atoms with E-state index in [4.69, 9.17) is 14.2 Å². The van der Waals surface area contributed by atoms with E-state index in [1.54, 1.807) is 23.1 Å². The van der Waals surface area contributed by atoms with E-state index < -0.39 is 10.0 Å². The minimum atomic E-state index is -3.97. The Hall–Kier alpha value is -2.94. The van der Waals surface area contributed by atoms with Gasteiger partial charge in [-0.1, -0.05) is 0 Å². The van der Waals surface area contributed by atoms with Gasteiger partial charge in [0.1, 0.15) is 17.2 Å². The van der Waals surface area contributed by atoms with Gasteiger partial charge in [0, 0.05) is 19.2 Å². The molecule has 30 heavy (non-hydrogen) atoms. The Kier molecular flexibility index (Phi) is 6.71. The molecule has 3 rings (SSSR count). The minimum Gasteiger partial charge on any atom is -0.497 e. The van der Waals surface area contributed by atoms with Crippen LogP contribution in [0.1, 0.15) is 29.6 Å². The van der Waals surface area contributed by atoms with Crippen molar-refractivity contribution in [1.29, 1.82) is 0 Å². The van der Waals surface area contributed by atoms with Crippen molar-refractivity contribution in [1.82, 2.24) is 4.90 Å². The van der Waals surface area contributed by atoms with Crippen molar-refractivity contribution in [3.63, 3.8) is 0 Å². The lowest BCUT2D eigenvalue weighted by molar-refractivity contribution is 0.0720. The predicted octanol–water partition coefficient (Wildman–Crippen LogP) is 3.14. The molecule has 0 aliphatic carbocycles. The molecule has 0 radical (unpaired) electrons. The van der Waals surface area contributed by atoms with E-state index in [0.717, 1.165) is 19.3 Å². The first-order valence-electron chi connectivity index (χ1n) is 9.61. The molecule has 2 aromatic rings. The van der Waals surface area contributed by atoms with Crippen LogP contribution in [0.3, 0.4) is 0 Å². The summed E-state index contributed by atoms with van der Waals surface area (Å²) in [5.74, 6) is 0.960. The highest BCUT2D eigenvalue weighted by atomic mass is 32.2. The first-order chi connectivity index (χ1) is 14.4. The first-order valence-corrected chi connectivity index (χ1v) is 11.1. The molecular weight excluding hydrogens is 408 g/mol. The maximum absolute atomic E-state index is 13.0. The third-order valence-electron chi connectivity index (χ3n) is 5.01.